The predicted octanol–water partition coefficient (Wildman–Crippen LogP) is 1.93. The maximum atomic E-state index is 13.0. The molecule has 1 aliphatic carbocycles. The summed E-state index contributed by atoms with van der Waals surface area (Å²) in [5.74, 6) is -0.474. The van der Waals surface area contributed by atoms with E-state index < -0.39 is 15.8 Å². The zero-order valence-corrected chi connectivity index (χ0v) is 17.7. The van der Waals surface area contributed by atoms with E-state index in [0.717, 1.165) is 38.8 Å². The lowest BCUT2D eigenvalue weighted by atomic mass is 9.80. The number of aryl methyl sites for hydroxylation is 1. The fourth-order valence-corrected chi connectivity index (χ4v) is 5.81. The van der Waals surface area contributed by atoms with Crippen molar-refractivity contribution < 1.29 is 17.6 Å². The first-order valence-corrected chi connectivity index (χ1v) is 11.9. The molecule has 1 N–H and O–H groups in total. The number of morpholine rings is 1. The van der Waals surface area contributed by atoms with E-state index in [2.05, 4.69) is 9.62 Å². The maximum absolute atomic E-state index is 13.0. The van der Waals surface area contributed by atoms with Gasteiger partial charge >= 0.3 is 5.76 Å². The van der Waals surface area contributed by atoms with Crippen LogP contribution in [0, 0.1) is 0 Å². The van der Waals surface area contributed by atoms with Crippen LogP contribution >= 0.6 is 0 Å². The van der Waals surface area contributed by atoms with Crippen LogP contribution in [-0.2, 0) is 21.3 Å². The summed E-state index contributed by atoms with van der Waals surface area (Å²) in [7, 11) is -3.72. The molecule has 1 aliphatic heterocycles. The first-order chi connectivity index (χ1) is 14.0. The van der Waals surface area contributed by atoms with E-state index in [1.165, 1.54) is 23.1 Å². The molecular weight excluding hydrogens is 394 g/mol. The van der Waals surface area contributed by atoms with Crippen LogP contribution in [-0.4, -0.2) is 56.3 Å². The van der Waals surface area contributed by atoms with E-state index in [1.54, 1.807) is 6.07 Å². The SMILES string of the molecule is CCn1c(=O)oc2cc(S(=O)(=O)NCC3(N4CCOCC4)CCCCC3)ccc21. The van der Waals surface area contributed by atoms with Gasteiger partial charge in [0.25, 0.3) is 0 Å². The number of rotatable bonds is 6. The molecule has 160 valence electrons. The Bertz CT molecular complexity index is 1010. The molecule has 4 rings (SSSR count). The van der Waals surface area contributed by atoms with Crippen molar-refractivity contribution in [2.75, 3.05) is 32.8 Å². The Morgan fingerprint density at radius 3 is 2.55 bits per heavy atom. The Balaban J connectivity index is 1.57. The van der Waals surface area contributed by atoms with Crippen molar-refractivity contribution in [2.24, 2.45) is 0 Å². The predicted molar refractivity (Wildman–Crippen MR) is 110 cm³/mol. The molecule has 0 amide bonds. The van der Waals surface area contributed by atoms with Gasteiger partial charge in [-0.15, -0.1) is 0 Å². The molecule has 0 unspecified atom stereocenters. The first kappa shape index (κ1) is 20.6. The largest absolute Gasteiger partial charge is 0.419 e. The molecule has 2 heterocycles. The molecule has 1 aromatic heterocycles. The summed E-state index contributed by atoms with van der Waals surface area (Å²) in [6.07, 6.45) is 5.40. The topological polar surface area (TPSA) is 93.8 Å². The van der Waals surface area contributed by atoms with Gasteiger partial charge in [-0.05, 0) is 31.9 Å². The number of nitrogens with zero attached hydrogens (tertiary/aromatic N) is 2. The minimum Gasteiger partial charge on any atom is -0.408 e. The summed E-state index contributed by atoms with van der Waals surface area (Å²) in [6, 6.07) is 4.61. The van der Waals surface area contributed by atoms with Crippen LogP contribution in [0.25, 0.3) is 11.1 Å². The molecule has 0 radical (unpaired) electrons. The Labute approximate surface area is 170 Å². The molecule has 1 aromatic carbocycles. The standard InChI is InChI=1S/C20H29N3O5S/c1-2-23-17-7-6-16(14-18(17)28-19(23)24)29(25,26)21-15-20(8-4-3-5-9-20)22-10-12-27-13-11-22/h6-7,14,21H,2-5,8-13,15H2,1H3. The molecule has 1 saturated heterocycles. The average Bonchev–Trinajstić information content (AvgIpc) is 3.07. The van der Waals surface area contributed by atoms with Gasteiger partial charge in [0, 0.05) is 37.8 Å². The van der Waals surface area contributed by atoms with Crippen LogP contribution in [0.5, 0.6) is 0 Å². The normalized spacial score (nSPS) is 20.9. The number of aromatic nitrogens is 1. The van der Waals surface area contributed by atoms with Crippen molar-refractivity contribution in [1.29, 1.82) is 0 Å². The summed E-state index contributed by atoms with van der Waals surface area (Å²) < 4.78 is 41.1. The Kier molecular flexibility index (Phi) is 5.83. The third kappa shape index (κ3) is 4.01. The molecule has 2 aromatic rings. The van der Waals surface area contributed by atoms with Crippen molar-refractivity contribution in [1.82, 2.24) is 14.2 Å². The molecule has 0 bridgehead atoms. The van der Waals surface area contributed by atoms with E-state index >= 15 is 0 Å². The monoisotopic (exact) mass is 423 g/mol. The second-order valence-electron chi connectivity index (χ2n) is 7.95. The van der Waals surface area contributed by atoms with E-state index in [4.69, 9.17) is 9.15 Å². The lowest BCUT2D eigenvalue weighted by molar-refractivity contribution is -0.0348. The Morgan fingerprint density at radius 1 is 1.14 bits per heavy atom. The average molecular weight is 424 g/mol. The fraction of sp³-hybridized carbons (Fsp3) is 0.650. The zero-order valence-electron chi connectivity index (χ0n) is 16.9. The minimum absolute atomic E-state index is 0.120. The number of nitrogens with one attached hydrogen (secondary N) is 1. The molecule has 8 nitrogen and oxygen atoms in total. The van der Waals surface area contributed by atoms with E-state index in [-0.39, 0.29) is 10.4 Å². The summed E-state index contributed by atoms with van der Waals surface area (Å²) in [6.45, 7) is 5.76. The molecule has 0 atom stereocenters. The second kappa shape index (κ2) is 8.22. The van der Waals surface area contributed by atoms with Crippen molar-refractivity contribution in [3.05, 3.63) is 28.7 Å². The highest BCUT2D eigenvalue weighted by atomic mass is 32.2. The summed E-state index contributed by atoms with van der Waals surface area (Å²) in [5.41, 5.74) is 0.742. The van der Waals surface area contributed by atoms with Gasteiger partial charge in [0.15, 0.2) is 5.58 Å². The quantitative estimate of drug-likeness (QED) is 0.763. The maximum Gasteiger partial charge on any atom is 0.419 e. The van der Waals surface area contributed by atoms with Crippen LogP contribution < -0.4 is 10.5 Å². The number of oxazole rings is 1. The number of hydrogen-bond donors (Lipinski definition) is 1. The van der Waals surface area contributed by atoms with Crippen molar-refractivity contribution >= 4 is 21.1 Å². The highest BCUT2D eigenvalue weighted by Crippen LogP contribution is 2.34. The van der Waals surface area contributed by atoms with Gasteiger partial charge in [0.2, 0.25) is 10.0 Å². The van der Waals surface area contributed by atoms with Crippen molar-refractivity contribution in [3.63, 3.8) is 0 Å². The summed E-state index contributed by atoms with van der Waals surface area (Å²) >= 11 is 0. The van der Waals surface area contributed by atoms with Crippen LogP contribution in [0.15, 0.2) is 32.3 Å². The van der Waals surface area contributed by atoms with E-state index in [0.29, 0.717) is 37.4 Å². The number of sulfonamides is 1. The molecule has 2 aliphatic rings. The van der Waals surface area contributed by atoms with Gasteiger partial charge in [-0.3, -0.25) is 9.47 Å². The summed E-state index contributed by atoms with van der Waals surface area (Å²) in [5, 5.41) is 0. The van der Waals surface area contributed by atoms with Crippen LogP contribution in [0.2, 0.25) is 0 Å². The lowest BCUT2D eigenvalue weighted by Crippen LogP contribution is -2.59. The smallest absolute Gasteiger partial charge is 0.408 e. The van der Waals surface area contributed by atoms with Crippen LogP contribution in [0.4, 0.5) is 0 Å². The van der Waals surface area contributed by atoms with Crippen molar-refractivity contribution in [3.8, 4) is 0 Å². The highest BCUT2D eigenvalue weighted by Gasteiger charge is 2.39. The number of benzene rings is 1. The van der Waals surface area contributed by atoms with Crippen molar-refractivity contribution in [2.45, 2.75) is 56.0 Å². The van der Waals surface area contributed by atoms with Gasteiger partial charge < -0.3 is 9.15 Å². The minimum atomic E-state index is -3.72. The Hall–Kier alpha value is -1.68. The zero-order chi connectivity index (χ0) is 20.5. The third-order valence-corrected chi connectivity index (χ3v) is 7.72. The van der Waals surface area contributed by atoms with Crippen LogP contribution in [0.3, 0.4) is 0 Å². The van der Waals surface area contributed by atoms with E-state index in [1.807, 2.05) is 6.92 Å². The molecule has 2 fully saturated rings. The summed E-state index contributed by atoms with van der Waals surface area (Å²) in [4.78, 5) is 14.4. The van der Waals surface area contributed by atoms with Gasteiger partial charge in [0.1, 0.15) is 0 Å². The fourth-order valence-electron chi connectivity index (χ4n) is 4.68. The molecule has 1 saturated carbocycles. The lowest BCUT2D eigenvalue weighted by Gasteiger charge is -2.48. The van der Waals surface area contributed by atoms with Gasteiger partial charge in [-0.1, -0.05) is 19.3 Å². The number of hydrogen-bond acceptors (Lipinski definition) is 6. The highest BCUT2D eigenvalue weighted by molar-refractivity contribution is 7.89. The van der Waals surface area contributed by atoms with Gasteiger partial charge in [-0.2, -0.15) is 0 Å². The third-order valence-electron chi connectivity index (χ3n) is 6.32. The van der Waals surface area contributed by atoms with E-state index in [9.17, 15) is 13.2 Å². The second-order valence-corrected chi connectivity index (χ2v) is 9.72. The number of fused-ring (bicyclic) bond motifs is 1. The van der Waals surface area contributed by atoms with Crippen LogP contribution in [0.1, 0.15) is 39.0 Å². The Morgan fingerprint density at radius 2 is 1.86 bits per heavy atom. The van der Waals surface area contributed by atoms with Gasteiger partial charge in [0.05, 0.1) is 23.6 Å². The molecule has 0 spiro atoms. The number of ether oxygens (including phenoxy) is 1. The molecule has 29 heavy (non-hydrogen) atoms. The molecule has 9 heteroatoms. The molecular formula is C20H29N3O5S. The first-order valence-electron chi connectivity index (χ1n) is 10.4. The van der Waals surface area contributed by atoms with Gasteiger partial charge in [-0.25, -0.2) is 17.9 Å².